The van der Waals surface area contributed by atoms with Gasteiger partial charge in [0.15, 0.2) is 5.78 Å². The Hall–Kier alpha value is -0.280. The number of rotatable bonds is 2. The Labute approximate surface area is 84.7 Å². The predicted octanol–water partition coefficient (Wildman–Crippen LogP) is 3.37. The average Bonchev–Trinajstić information content (AvgIpc) is 2.04. The lowest BCUT2D eigenvalue weighted by atomic mass is 10.2. The predicted molar refractivity (Wildman–Crippen MR) is 55.9 cm³/mol. The summed E-state index contributed by atoms with van der Waals surface area (Å²) in [5.41, 5.74) is 0.750. The van der Waals surface area contributed by atoms with E-state index in [0.29, 0.717) is 0 Å². The van der Waals surface area contributed by atoms with Crippen molar-refractivity contribution in [3.05, 3.63) is 28.2 Å². The minimum absolute atomic E-state index is 0.100. The zero-order valence-corrected chi connectivity index (χ0v) is 9.33. The van der Waals surface area contributed by atoms with Crippen molar-refractivity contribution in [3.8, 4) is 0 Å². The Morgan fingerprint density at radius 3 is 2.58 bits per heavy atom. The van der Waals surface area contributed by atoms with Gasteiger partial charge in [-0.2, -0.15) is 0 Å². The highest BCUT2D eigenvalue weighted by Gasteiger charge is 2.02. The second-order valence-corrected chi connectivity index (χ2v) is 4.11. The second-order valence-electron chi connectivity index (χ2n) is 2.41. The highest BCUT2D eigenvalue weighted by Crippen LogP contribution is 2.26. The quantitative estimate of drug-likeness (QED) is 0.587. The summed E-state index contributed by atoms with van der Waals surface area (Å²) in [6.45, 7) is 1.57. The number of ketones is 1. The summed E-state index contributed by atoms with van der Waals surface area (Å²) in [7, 11) is 0. The molecule has 0 N–H and O–H groups in total. The van der Waals surface area contributed by atoms with E-state index in [-0.39, 0.29) is 5.78 Å². The summed E-state index contributed by atoms with van der Waals surface area (Å²) in [4.78, 5) is 12.1. The molecule has 1 rings (SSSR count). The van der Waals surface area contributed by atoms with Crippen molar-refractivity contribution >= 4 is 33.5 Å². The number of hydrogen-bond acceptors (Lipinski definition) is 2. The normalized spacial score (nSPS) is 9.92. The molecule has 0 aliphatic rings. The minimum Gasteiger partial charge on any atom is -0.295 e. The molecule has 0 amide bonds. The first kappa shape index (κ1) is 9.81. The molecule has 0 atom stereocenters. The van der Waals surface area contributed by atoms with Crippen LogP contribution in [0.1, 0.15) is 17.3 Å². The maximum atomic E-state index is 11.0. The topological polar surface area (TPSA) is 17.1 Å². The summed E-state index contributed by atoms with van der Waals surface area (Å²) in [6, 6.07) is 5.65. The molecule has 12 heavy (non-hydrogen) atoms. The van der Waals surface area contributed by atoms with Crippen LogP contribution >= 0.6 is 27.7 Å². The molecule has 0 aromatic heterocycles. The van der Waals surface area contributed by atoms with E-state index < -0.39 is 0 Å². The van der Waals surface area contributed by atoms with Crippen molar-refractivity contribution in [1.82, 2.24) is 0 Å². The number of Topliss-reactive ketones (excluding diaryl/α,β-unsaturated/α-hetero) is 1. The van der Waals surface area contributed by atoms with Crippen molar-refractivity contribution < 1.29 is 4.79 Å². The summed E-state index contributed by atoms with van der Waals surface area (Å²) >= 11 is 5.06. The molecule has 3 heteroatoms. The van der Waals surface area contributed by atoms with E-state index in [4.69, 9.17) is 0 Å². The molecule has 0 saturated carbocycles. The standard InChI is InChI=1S/C9H9BrOS/c1-6(11)7-3-4-9(12-2)8(10)5-7/h3-5H,1-2H3. The van der Waals surface area contributed by atoms with Gasteiger partial charge in [0.25, 0.3) is 0 Å². The maximum Gasteiger partial charge on any atom is 0.159 e. The molecule has 0 unspecified atom stereocenters. The molecule has 1 nitrogen and oxygen atoms in total. The molecule has 0 fully saturated rings. The van der Waals surface area contributed by atoms with Crippen LogP contribution in [-0.4, -0.2) is 12.0 Å². The largest absolute Gasteiger partial charge is 0.295 e. The second kappa shape index (κ2) is 4.10. The third-order valence-electron chi connectivity index (χ3n) is 1.56. The van der Waals surface area contributed by atoms with Crippen LogP contribution in [0.3, 0.4) is 0 Å². The molecule has 0 saturated heterocycles. The van der Waals surface area contributed by atoms with Gasteiger partial charge in [-0.25, -0.2) is 0 Å². The Kier molecular flexibility index (Phi) is 3.35. The minimum atomic E-state index is 0.100. The smallest absolute Gasteiger partial charge is 0.159 e. The van der Waals surface area contributed by atoms with Gasteiger partial charge in [-0.1, -0.05) is 6.07 Å². The third kappa shape index (κ3) is 2.11. The number of carbonyl (C=O) groups is 1. The molecule has 0 aliphatic carbocycles. The van der Waals surface area contributed by atoms with Crippen LogP contribution in [0.4, 0.5) is 0 Å². The summed E-state index contributed by atoms with van der Waals surface area (Å²) in [5, 5.41) is 0. The van der Waals surface area contributed by atoms with Crippen LogP contribution in [0.2, 0.25) is 0 Å². The number of halogens is 1. The molecule has 1 aromatic carbocycles. The summed E-state index contributed by atoms with van der Waals surface area (Å²) in [5.74, 6) is 0.100. The molecular formula is C9H9BrOS. The Bertz CT molecular complexity index is 309. The van der Waals surface area contributed by atoms with Gasteiger partial charge in [-0.15, -0.1) is 11.8 Å². The Balaban J connectivity index is 3.10. The fourth-order valence-electron chi connectivity index (χ4n) is 0.885. The van der Waals surface area contributed by atoms with E-state index >= 15 is 0 Å². The number of hydrogen-bond donors (Lipinski definition) is 0. The average molecular weight is 245 g/mol. The van der Waals surface area contributed by atoms with Crippen LogP contribution in [0.25, 0.3) is 0 Å². The highest BCUT2D eigenvalue weighted by molar-refractivity contribution is 9.10. The summed E-state index contributed by atoms with van der Waals surface area (Å²) in [6.07, 6.45) is 2.01. The lowest BCUT2D eigenvalue weighted by Crippen LogP contribution is -1.91. The number of benzene rings is 1. The van der Waals surface area contributed by atoms with Gasteiger partial charge in [0.05, 0.1) is 0 Å². The van der Waals surface area contributed by atoms with Crippen molar-refractivity contribution in [3.63, 3.8) is 0 Å². The van der Waals surface area contributed by atoms with E-state index in [1.54, 1.807) is 18.7 Å². The molecular weight excluding hydrogens is 236 g/mol. The fourth-order valence-corrected chi connectivity index (χ4v) is 2.21. The van der Waals surface area contributed by atoms with E-state index in [1.165, 1.54) is 0 Å². The zero-order chi connectivity index (χ0) is 9.14. The Morgan fingerprint density at radius 1 is 1.50 bits per heavy atom. The van der Waals surface area contributed by atoms with Crippen LogP contribution < -0.4 is 0 Å². The SMILES string of the molecule is CSc1ccc(C(C)=O)cc1Br. The molecule has 0 heterocycles. The van der Waals surface area contributed by atoms with E-state index in [2.05, 4.69) is 15.9 Å². The first-order valence-electron chi connectivity index (χ1n) is 3.49. The number of carbonyl (C=O) groups excluding carboxylic acids is 1. The van der Waals surface area contributed by atoms with Crippen molar-refractivity contribution in [1.29, 1.82) is 0 Å². The van der Waals surface area contributed by atoms with Crippen molar-refractivity contribution in [2.45, 2.75) is 11.8 Å². The molecule has 64 valence electrons. The fraction of sp³-hybridized carbons (Fsp3) is 0.222. The third-order valence-corrected chi connectivity index (χ3v) is 3.27. The lowest BCUT2D eigenvalue weighted by molar-refractivity contribution is 0.101. The van der Waals surface area contributed by atoms with Crippen molar-refractivity contribution in [2.24, 2.45) is 0 Å². The zero-order valence-electron chi connectivity index (χ0n) is 6.93. The first-order valence-corrected chi connectivity index (χ1v) is 5.51. The van der Waals surface area contributed by atoms with E-state index in [9.17, 15) is 4.79 Å². The monoisotopic (exact) mass is 244 g/mol. The van der Waals surface area contributed by atoms with Gasteiger partial charge in [-0.05, 0) is 41.2 Å². The van der Waals surface area contributed by atoms with Crippen LogP contribution in [0, 0.1) is 0 Å². The van der Waals surface area contributed by atoms with Crippen molar-refractivity contribution in [2.75, 3.05) is 6.26 Å². The van der Waals surface area contributed by atoms with E-state index in [1.807, 2.05) is 24.5 Å². The van der Waals surface area contributed by atoms with E-state index in [0.717, 1.165) is 14.9 Å². The van der Waals surface area contributed by atoms with Gasteiger partial charge >= 0.3 is 0 Å². The molecule has 1 aromatic rings. The molecule has 0 spiro atoms. The van der Waals surface area contributed by atoms with Gasteiger partial charge in [0.1, 0.15) is 0 Å². The maximum absolute atomic E-state index is 11.0. The Morgan fingerprint density at radius 2 is 2.17 bits per heavy atom. The van der Waals surface area contributed by atoms with Gasteiger partial charge < -0.3 is 0 Å². The van der Waals surface area contributed by atoms with Gasteiger partial charge in [0.2, 0.25) is 0 Å². The van der Waals surface area contributed by atoms with Crippen LogP contribution in [-0.2, 0) is 0 Å². The number of thioether (sulfide) groups is 1. The molecule has 0 radical (unpaired) electrons. The summed E-state index contributed by atoms with van der Waals surface area (Å²) < 4.78 is 0.989. The first-order chi connectivity index (χ1) is 5.65. The molecule has 0 aliphatic heterocycles. The van der Waals surface area contributed by atoms with Crippen LogP contribution in [0.15, 0.2) is 27.6 Å². The molecule has 0 bridgehead atoms. The lowest BCUT2D eigenvalue weighted by Gasteiger charge is -2.01. The van der Waals surface area contributed by atoms with Gasteiger partial charge in [-0.3, -0.25) is 4.79 Å². The van der Waals surface area contributed by atoms with Crippen LogP contribution in [0.5, 0.6) is 0 Å². The highest BCUT2D eigenvalue weighted by atomic mass is 79.9. The van der Waals surface area contributed by atoms with Gasteiger partial charge in [0, 0.05) is 14.9 Å².